The Labute approximate surface area is 122 Å². The third kappa shape index (κ3) is 3.76. The van der Waals surface area contributed by atoms with Crippen LogP contribution in [0.25, 0.3) is 0 Å². The van der Waals surface area contributed by atoms with Crippen molar-refractivity contribution < 1.29 is 13.5 Å². The molecule has 3 rings (SSSR count). The molecule has 1 heterocycles. The molecule has 1 saturated carbocycles. The maximum absolute atomic E-state index is 13.6. The zero-order valence-electron chi connectivity index (χ0n) is 11.7. The van der Waals surface area contributed by atoms with Gasteiger partial charge in [0, 0.05) is 30.4 Å². The van der Waals surface area contributed by atoms with Gasteiger partial charge in [-0.25, -0.2) is 13.8 Å². The Hall–Kier alpha value is -2.01. The number of rotatable bonds is 5. The van der Waals surface area contributed by atoms with Crippen LogP contribution in [-0.2, 0) is 6.54 Å². The summed E-state index contributed by atoms with van der Waals surface area (Å²) in [5.74, 6) is -1.09. The molecule has 1 aromatic carbocycles. The van der Waals surface area contributed by atoms with Gasteiger partial charge >= 0.3 is 0 Å². The van der Waals surface area contributed by atoms with Gasteiger partial charge in [0.1, 0.15) is 5.82 Å². The van der Waals surface area contributed by atoms with E-state index in [-0.39, 0.29) is 5.75 Å². The molecule has 1 aromatic heterocycles. The van der Waals surface area contributed by atoms with E-state index in [0.717, 1.165) is 29.9 Å². The maximum atomic E-state index is 13.6. The molecule has 0 radical (unpaired) electrons. The summed E-state index contributed by atoms with van der Waals surface area (Å²) in [7, 11) is 0. The van der Waals surface area contributed by atoms with Crippen molar-refractivity contribution in [3.05, 3.63) is 53.2 Å². The van der Waals surface area contributed by atoms with Crippen LogP contribution in [0.1, 0.15) is 24.1 Å². The van der Waals surface area contributed by atoms with E-state index in [1.54, 1.807) is 6.07 Å². The van der Waals surface area contributed by atoms with Gasteiger partial charge in [0.25, 0.3) is 0 Å². The van der Waals surface area contributed by atoms with Crippen molar-refractivity contribution in [2.24, 2.45) is 0 Å². The lowest BCUT2D eigenvalue weighted by molar-refractivity contribution is 0.422. The van der Waals surface area contributed by atoms with Gasteiger partial charge in [-0.1, -0.05) is 0 Å². The van der Waals surface area contributed by atoms with Crippen molar-refractivity contribution in [1.29, 1.82) is 0 Å². The van der Waals surface area contributed by atoms with Gasteiger partial charge in [-0.15, -0.1) is 0 Å². The van der Waals surface area contributed by atoms with Crippen molar-refractivity contribution >= 4 is 0 Å². The summed E-state index contributed by atoms with van der Waals surface area (Å²) in [5, 5.41) is 3.40. The number of benzene rings is 1. The summed E-state index contributed by atoms with van der Waals surface area (Å²) in [6.07, 6.45) is 2.43. The molecule has 0 saturated heterocycles. The zero-order valence-corrected chi connectivity index (χ0v) is 11.7. The molecule has 0 unspecified atom stereocenters. The van der Waals surface area contributed by atoms with Gasteiger partial charge in [-0.05, 0) is 43.5 Å². The summed E-state index contributed by atoms with van der Waals surface area (Å²) in [6, 6.07) is 7.55. The molecule has 1 N–H and O–H groups in total. The maximum Gasteiger partial charge on any atom is 0.219 e. The smallest absolute Gasteiger partial charge is 0.219 e. The largest absolute Gasteiger partial charge is 0.436 e. The Bertz CT molecular complexity index is 657. The molecular weight excluding hydrogens is 274 g/mol. The average Bonchev–Trinajstić information content (AvgIpc) is 3.23. The van der Waals surface area contributed by atoms with E-state index in [1.165, 1.54) is 18.9 Å². The fourth-order valence-corrected chi connectivity index (χ4v) is 2.08. The average molecular weight is 290 g/mol. The molecule has 21 heavy (non-hydrogen) atoms. The second-order valence-corrected chi connectivity index (χ2v) is 5.29. The number of halogens is 2. The number of hydrogen-bond acceptors (Lipinski definition) is 3. The van der Waals surface area contributed by atoms with E-state index in [9.17, 15) is 8.78 Å². The minimum absolute atomic E-state index is 0.0318. The number of pyridine rings is 1. The standard InChI is InChI=1S/C16H16F2N2O/c1-10-6-11(9-19-13-3-4-13)7-16(20-10)21-15-5-2-12(17)8-14(15)18/h2,5-8,13,19H,3-4,9H2,1H3. The molecule has 2 aromatic rings. The van der Waals surface area contributed by atoms with Crippen molar-refractivity contribution in [3.63, 3.8) is 0 Å². The summed E-state index contributed by atoms with van der Waals surface area (Å²) in [5.41, 5.74) is 1.83. The number of aromatic nitrogens is 1. The van der Waals surface area contributed by atoms with Gasteiger partial charge in [0.2, 0.25) is 5.88 Å². The molecule has 3 nitrogen and oxygen atoms in total. The lowest BCUT2D eigenvalue weighted by Crippen LogP contribution is -2.15. The quantitative estimate of drug-likeness (QED) is 0.911. The Morgan fingerprint density at radius 2 is 2.05 bits per heavy atom. The van der Waals surface area contributed by atoms with Gasteiger partial charge in [0.05, 0.1) is 0 Å². The van der Waals surface area contributed by atoms with Crippen LogP contribution in [0.15, 0.2) is 30.3 Å². The van der Waals surface area contributed by atoms with Crippen molar-refractivity contribution in [2.75, 3.05) is 0 Å². The van der Waals surface area contributed by atoms with E-state index in [1.807, 2.05) is 13.0 Å². The summed E-state index contributed by atoms with van der Waals surface area (Å²) >= 11 is 0. The second-order valence-electron chi connectivity index (χ2n) is 5.29. The van der Waals surface area contributed by atoms with E-state index in [0.29, 0.717) is 11.9 Å². The van der Waals surface area contributed by atoms with E-state index in [2.05, 4.69) is 10.3 Å². The van der Waals surface area contributed by atoms with Crippen LogP contribution in [-0.4, -0.2) is 11.0 Å². The third-order valence-electron chi connectivity index (χ3n) is 3.27. The highest BCUT2D eigenvalue weighted by Gasteiger charge is 2.20. The van der Waals surface area contributed by atoms with E-state index < -0.39 is 11.6 Å². The normalized spacial score (nSPS) is 14.2. The minimum Gasteiger partial charge on any atom is -0.436 e. The van der Waals surface area contributed by atoms with Gasteiger partial charge in [-0.3, -0.25) is 0 Å². The van der Waals surface area contributed by atoms with Crippen molar-refractivity contribution in [2.45, 2.75) is 32.4 Å². The minimum atomic E-state index is -0.740. The van der Waals surface area contributed by atoms with Crippen LogP contribution >= 0.6 is 0 Å². The lowest BCUT2D eigenvalue weighted by Gasteiger charge is -2.09. The molecule has 1 aliphatic carbocycles. The Kier molecular flexibility index (Phi) is 3.84. The SMILES string of the molecule is Cc1cc(CNC2CC2)cc(Oc2ccc(F)cc2F)n1. The Morgan fingerprint density at radius 3 is 2.76 bits per heavy atom. The van der Waals surface area contributed by atoms with E-state index in [4.69, 9.17) is 4.74 Å². The fourth-order valence-electron chi connectivity index (χ4n) is 2.08. The fraction of sp³-hybridized carbons (Fsp3) is 0.312. The molecule has 5 heteroatoms. The summed E-state index contributed by atoms with van der Waals surface area (Å²) in [4.78, 5) is 4.22. The predicted octanol–water partition coefficient (Wildman–Crippen LogP) is 3.71. The Morgan fingerprint density at radius 1 is 1.24 bits per heavy atom. The highest BCUT2D eigenvalue weighted by Crippen LogP contribution is 2.25. The molecular formula is C16H16F2N2O. The highest BCUT2D eigenvalue weighted by atomic mass is 19.1. The second kappa shape index (κ2) is 5.77. The van der Waals surface area contributed by atoms with Crippen LogP contribution in [0.2, 0.25) is 0 Å². The molecule has 0 aliphatic heterocycles. The number of aryl methyl sites for hydroxylation is 1. The number of nitrogens with one attached hydrogen (secondary N) is 1. The number of ether oxygens (including phenoxy) is 1. The van der Waals surface area contributed by atoms with Crippen LogP contribution in [0.3, 0.4) is 0 Å². The first-order valence-corrected chi connectivity index (χ1v) is 6.94. The van der Waals surface area contributed by atoms with Crippen LogP contribution in [0.4, 0.5) is 8.78 Å². The van der Waals surface area contributed by atoms with Gasteiger partial charge < -0.3 is 10.1 Å². The molecule has 1 aliphatic rings. The van der Waals surface area contributed by atoms with Crippen molar-refractivity contribution in [1.82, 2.24) is 10.3 Å². The topological polar surface area (TPSA) is 34.1 Å². The molecule has 0 atom stereocenters. The van der Waals surface area contributed by atoms with Crippen molar-refractivity contribution in [3.8, 4) is 11.6 Å². The predicted molar refractivity (Wildman–Crippen MR) is 75.3 cm³/mol. The molecule has 0 bridgehead atoms. The molecule has 0 amide bonds. The number of hydrogen-bond donors (Lipinski definition) is 1. The zero-order chi connectivity index (χ0) is 14.8. The summed E-state index contributed by atoms with van der Waals surface area (Å²) in [6.45, 7) is 2.59. The molecule has 0 spiro atoms. The van der Waals surface area contributed by atoms with Crippen LogP contribution in [0.5, 0.6) is 11.6 Å². The lowest BCUT2D eigenvalue weighted by atomic mass is 10.2. The van der Waals surface area contributed by atoms with Crippen LogP contribution < -0.4 is 10.1 Å². The summed E-state index contributed by atoms with van der Waals surface area (Å²) < 4.78 is 31.9. The first-order valence-electron chi connectivity index (χ1n) is 6.94. The van der Waals surface area contributed by atoms with Gasteiger partial charge in [-0.2, -0.15) is 0 Å². The monoisotopic (exact) mass is 290 g/mol. The highest BCUT2D eigenvalue weighted by molar-refractivity contribution is 5.32. The Balaban J connectivity index is 1.77. The first-order chi connectivity index (χ1) is 10.1. The van der Waals surface area contributed by atoms with E-state index >= 15 is 0 Å². The van der Waals surface area contributed by atoms with Gasteiger partial charge in [0.15, 0.2) is 11.6 Å². The van der Waals surface area contributed by atoms with Crippen LogP contribution in [0, 0.1) is 18.6 Å². The molecule has 110 valence electrons. The molecule has 1 fully saturated rings. The first kappa shape index (κ1) is 13.9. The number of nitrogens with zero attached hydrogens (tertiary/aromatic N) is 1. The third-order valence-corrected chi connectivity index (χ3v) is 3.27.